The standard InChI is InChI=1S/C21H41N5O2/c1-5-22-20(24-17-21(10-7-11-21)12-16-28-4)23-13-8-15-26-14-6-9-18(26)19(27)25(2)3/h18H,5-17H2,1-4H3,(H2,22,23,24). The molecule has 1 saturated carbocycles. The normalized spacial score (nSPS) is 22.0. The number of guanidine groups is 1. The first kappa shape index (κ1) is 22.9. The lowest BCUT2D eigenvalue weighted by Crippen LogP contribution is -2.44. The van der Waals surface area contributed by atoms with Crippen LogP contribution in [0, 0.1) is 5.41 Å². The van der Waals surface area contributed by atoms with Crippen LogP contribution in [0.3, 0.4) is 0 Å². The molecule has 1 saturated heterocycles. The summed E-state index contributed by atoms with van der Waals surface area (Å²) in [6.45, 7) is 7.51. The molecule has 1 unspecified atom stereocenters. The summed E-state index contributed by atoms with van der Waals surface area (Å²) in [7, 11) is 5.47. The molecule has 7 nitrogen and oxygen atoms in total. The number of nitrogens with zero attached hydrogens (tertiary/aromatic N) is 3. The lowest BCUT2D eigenvalue weighted by molar-refractivity contribution is -0.133. The van der Waals surface area contributed by atoms with E-state index >= 15 is 0 Å². The fourth-order valence-electron chi connectivity index (χ4n) is 4.23. The number of hydrogen-bond donors (Lipinski definition) is 2. The highest BCUT2D eigenvalue weighted by Gasteiger charge is 2.36. The van der Waals surface area contributed by atoms with E-state index in [2.05, 4.69) is 22.5 Å². The number of rotatable bonds is 11. The monoisotopic (exact) mass is 395 g/mol. The average molecular weight is 396 g/mol. The molecule has 1 aliphatic carbocycles. The van der Waals surface area contributed by atoms with E-state index in [4.69, 9.17) is 9.73 Å². The second-order valence-corrected chi connectivity index (χ2v) is 8.50. The van der Waals surface area contributed by atoms with Crippen molar-refractivity contribution in [3.05, 3.63) is 0 Å². The van der Waals surface area contributed by atoms with E-state index in [-0.39, 0.29) is 11.9 Å². The van der Waals surface area contributed by atoms with Gasteiger partial charge in [0.2, 0.25) is 5.91 Å². The Labute approximate surface area is 171 Å². The molecule has 7 heteroatoms. The van der Waals surface area contributed by atoms with Crippen molar-refractivity contribution in [1.82, 2.24) is 20.4 Å². The number of ether oxygens (including phenoxy) is 1. The van der Waals surface area contributed by atoms with Crippen LogP contribution in [0.4, 0.5) is 0 Å². The Hall–Kier alpha value is -1.34. The van der Waals surface area contributed by atoms with Crippen LogP contribution >= 0.6 is 0 Å². The van der Waals surface area contributed by atoms with Crippen molar-refractivity contribution in [3.8, 4) is 0 Å². The lowest BCUT2D eigenvalue weighted by atomic mass is 9.67. The summed E-state index contributed by atoms with van der Waals surface area (Å²) in [6.07, 6.45) is 8.04. The van der Waals surface area contributed by atoms with Crippen molar-refractivity contribution in [2.24, 2.45) is 10.4 Å². The molecule has 28 heavy (non-hydrogen) atoms. The zero-order valence-corrected chi connectivity index (χ0v) is 18.4. The smallest absolute Gasteiger partial charge is 0.239 e. The molecule has 0 aromatic heterocycles. The second kappa shape index (κ2) is 11.6. The highest BCUT2D eigenvalue weighted by molar-refractivity contribution is 5.81. The number of likely N-dealkylation sites (N-methyl/N-ethyl adjacent to an activating group) is 1. The highest BCUT2D eigenvalue weighted by Crippen LogP contribution is 2.44. The molecule has 1 amide bonds. The fourth-order valence-corrected chi connectivity index (χ4v) is 4.23. The molecule has 2 fully saturated rings. The van der Waals surface area contributed by atoms with Gasteiger partial charge in [-0.3, -0.25) is 14.7 Å². The molecule has 0 spiro atoms. The summed E-state index contributed by atoms with van der Waals surface area (Å²) in [6, 6.07) is 0.0659. The largest absolute Gasteiger partial charge is 0.385 e. The summed E-state index contributed by atoms with van der Waals surface area (Å²) in [5.74, 6) is 1.15. The number of methoxy groups -OCH3 is 1. The summed E-state index contributed by atoms with van der Waals surface area (Å²) in [5.41, 5.74) is 0.341. The van der Waals surface area contributed by atoms with Gasteiger partial charge in [0.15, 0.2) is 5.96 Å². The molecular formula is C21H41N5O2. The molecule has 2 N–H and O–H groups in total. The van der Waals surface area contributed by atoms with Crippen molar-refractivity contribution in [3.63, 3.8) is 0 Å². The molecule has 162 valence electrons. The Kier molecular flexibility index (Phi) is 9.51. The van der Waals surface area contributed by atoms with Crippen molar-refractivity contribution >= 4 is 11.9 Å². The van der Waals surface area contributed by atoms with Crippen LogP contribution in [0.25, 0.3) is 0 Å². The predicted octanol–water partition coefficient (Wildman–Crippen LogP) is 1.69. The van der Waals surface area contributed by atoms with E-state index in [1.165, 1.54) is 19.3 Å². The van der Waals surface area contributed by atoms with Crippen LogP contribution < -0.4 is 10.6 Å². The van der Waals surface area contributed by atoms with Gasteiger partial charge in [-0.25, -0.2) is 0 Å². The Morgan fingerprint density at radius 2 is 2.07 bits per heavy atom. The van der Waals surface area contributed by atoms with Crippen LogP contribution in [-0.2, 0) is 9.53 Å². The quantitative estimate of drug-likeness (QED) is 0.317. The molecule has 0 radical (unpaired) electrons. The van der Waals surface area contributed by atoms with E-state index < -0.39 is 0 Å². The molecule has 0 aromatic rings. The topological polar surface area (TPSA) is 69.2 Å². The van der Waals surface area contributed by atoms with Crippen LogP contribution in [0.5, 0.6) is 0 Å². The average Bonchev–Trinajstić information content (AvgIpc) is 3.11. The van der Waals surface area contributed by atoms with Gasteiger partial charge < -0.3 is 20.3 Å². The molecule has 0 aromatic carbocycles. The maximum atomic E-state index is 12.3. The van der Waals surface area contributed by atoms with E-state index in [0.717, 1.165) is 71.0 Å². The van der Waals surface area contributed by atoms with Crippen molar-refractivity contribution < 1.29 is 9.53 Å². The molecular weight excluding hydrogens is 354 g/mol. The molecule has 1 aliphatic heterocycles. The van der Waals surface area contributed by atoms with E-state index in [9.17, 15) is 4.79 Å². The van der Waals surface area contributed by atoms with Gasteiger partial charge in [0.1, 0.15) is 0 Å². The van der Waals surface area contributed by atoms with Gasteiger partial charge in [0.05, 0.1) is 6.04 Å². The van der Waals surface area contributed by atoms with Gasteiger partial charge in [0, 0.05) is 54.0 Å². The van der Waals surface area contributed by atoms with Crippen molar-refractivity contribution in [2.45, 2.75) is 57.9 Å². The molecule has 1 atom stereocenters. The second-order valence-electron chi connectivity index (χ2n) is 8.50. The first-order valence-electron chi connectivity index (χ1n) is 11.0. The van der Waals surface area contributed by atoms with Crippen LogP contribution in [0.2, 0.25) is 0 Å². The number of amides is 1. The third-order valence-electron chi connectivity index (χ3n) is 6.17. The van der Waals surface area contributed by atoms with Gasteiger partial charge >= 0.3 is 0 Å². The maximum absolute atomic E-state index is 12.3. The van der Waals surface area contributed by atoms with Gasteiger partial charge in [-0.15, -0.1) is 0 Å². The summed E-state index contributed by atoms with van der Waals surface area (Å²) >= 11 is 0. The first-order valence-corrected chi connectivity index (χ1v) is 11.0. The SMILES string of the molecule is CCNC(=NCC1(CCOC)CCC1)NCCCN1CCCC1C(=O)N(C)C. The van der Waals surface area contributed by atoms with Gasteiger partial charge in [-0.2, -0.15) is 0 Å². The molecule has 0 bridgehead atoms. The molecule has 2 rings (SSSR count). The predicted molar refractivity (Wildman–Crippen MR) is 115 cm³/mol. The van der Waals surface area contributed by atoms with E-state index in [1.54, 1.807) is 12.0 Å². The minimum Gasteiger partial charge on any atom is -0.385 e. The number of carbonyl (C=O) groups is 1. The third kappa shape index (κ3) is 6.62. The minimum absolute atomic E-state index is 0.0659. The van der Waals surface area contributed by atoms with Gasteiger partial charge in [-0.05, 0) is 57.4 Å². The zero-order valence-electron chi connectivity index (χ0n) is 18.4. The third-order valence-corrected chi connectivity index (χ3v) is 6.17. The van der Waals surface area contributed by atoms with Crippen LogP contribution in [-0.4, -0.2) is 88.2 Å². The number of likely N-dealkylation sites (tertiary alicyclic amines) is 1. The Morgan fingerprint density at radius 1 is 1.29 bits per heavy atom. The van der Waals surface area contributed by atoms with E-state index in [0.29, 0.717) is 5.41 Å². The molecule has 2 aliphatic rings. The fraction of sp³-hybridized carbons (Fsp3) is 0.905. The lowest BCUT2D eigenvalue weighted by Gasteiger charge is -2.40. The van der Waals surface area contributed by atoms with Gasteiger partial charge in [-0.1, -0.05) is 6.42 Å². The summed E-state index contributed by atoms with van der Waals surface area (Å²) in [4.78, 5) is 21.2. The first-order chi connectivity index (χ1) is 13.5. The Bertz CT molecular complexity index is 505. The highest BCUT2D eigenvalue weighted by atomic mass is 16.5. The molecule has 1 heterocycles. The van der Waals surface area contributed by atoms with Crippen molar-refractivity contribution in [2.75, 3.05) is 60.5 Å². The number of hydrogen-bond acceptors (Lipinski definition) is 4. The van der Waals surface area contributed by atoms with Crippen LogP contribution in [0.1, 0.15) is 51.9 Å². The van der Waals surface area contributed by atoms with E-state index in [1.807, 2.05) is 14.1 Å². The summed E-state index contributed by atoms with van der Waals surface area (Å²) in [5, 5.41) is 6.84. The zero-order chi connectivity index (χ0) is 20.4. The maximum Gasteiger partial charge on any atom is 0.239 e. The number of carbonyl (C=O) groups excluding carboxylic acids is 1. The Balaban J connectivity index is 1.76. The number of nitrogens with one attached hydrogen (secondary N) is 2. The Morgan fingerprint density at radius 3 is 2.68 bits per heavy atom. The van der Waals surface area contributed by atoms with Crippen molar-refractivity contribution in [1.29, 1.82) is 0 Å². The minimum atomic E-state index is 0.0659. The van der Waals surface area contributed by atoms with Crippen LogP contribution in [0.15, 0.2) is 4.99 Å². The summed E-state index contributed by atoms with van der Waals surface area (Å²) < 4.78 is 5.28. The van der Waals surface area contributed by atoms with Gasteiger partial charge in [0.25, 0.3) is 0 Å². The number of aliphatic imine (C=N–C) groups is 1.